The van der Waals surface area contributed by atoms with Gasteiger partial charge in [0.1, 0.15) is 6.10 Å². The summed E-state index contributed by atoms with van der Waals surface area (Å²) in [5.41, 5.74) is 1.69. The molecule has 1 saturated heterocycles. The average Bonchev–Trinajstić information content (AvgIpc) is 3.19. The second-order valence-corrected chi connectivity index (χ2v) is 6.90. The van der Waals surface area contributed by atoms with E-state index in [1.165, 1.54) is 12.8 Å². The van der Waals surface area contributed by atoms with Gasteiger partial charge in [-0.15, -0.1) is 0 Å². The lowest BCUT2D eigenvalue weighted by Crippen LogP contribution is -2.36. The van der Waals surface area contributed by atoms with E-state index in [1.807, 2.05) is 60.7 Å². The molecular formula is C22H27NO3. The lowest BCUT2D eigenvalue weighted by molar-refractivity contribution is -0.0113. The van der Waals surface area contributed by atoms with Gasteiger partial charge in [-0.1, -0.05) is 60.7 Å². The Balaban J connectivity index is 1.63. The van der Waals surface area contributed by atoms with E-state index in [2.05, 4.69) is 4.90 Å². The van der Waals surface area contributed by atoms with E-state index >= 15 is 0 Å². The summed E-state index contributed by atoms with van der Waals surface area (Å²) in [4.78, 5) is 15.1. The van der Waals surface area contributed by atoms with E-state index in [9.17, 15) is 9.90 Å². The van der Waals surface area contributed by atoms with Crippen LogP contribution in [0.15, 0.2) is 60.7 Å². The smallest absolute Gasteiger partial charge is 0.191 e. The number of carbonyl (C=O) groups excluding carboxylic acids is 1. The van der Waals surface area contributed by atoms with Crippen molar-refractivity contribution in [2.24, 2.45) is 0 Å². The molecule has 1 heterocycles. The van der Waals surface area contributed by atoms with Gasteiger partial charge in [0.15, 0.2) is 5.78 Å². The largest absolute Gasteiger partial charge is 0.389 e. The minimum Gasteiger partial charge on any atom is -0.389 e. The van der Waals surface area contributed by atoms with E-state index in [-0.39, 0.29) is 12.4 Å². The van der Waals surface area contributed by atoms with Crippen LogP contribution >= 0.6 is 0 Å². The van der Waals surface area contributed by atoms with Crippen molar-refractivity contribution < 1.29 is 14.6 Å². The maximum Gasteiger partial charge on any atom is 0.191 e. The molecule has 0 aliphatic carbocycles. The summed E-state index contributed by atoms with van der Waals surface area (Å²) in [6, 6.07) is 19.1. The van der Waals surface area contributed by atoms with Crippen LogP contribution in [0.3, 0.4) is 0 Å². The minimum atomic E-state index is -0.590. The van der Waals surface area contributed by atoms with Gasteiger partial charge in [0.05, 0.1) is 12.7 Å². The van der Waals surface area contributed by atoms with Crippen molar-refractivity contribution in [2.75, 3.05) is 26.2 Å². The first kappa shape index (κ1) is 18.8. The number of likely N-dealkylation sites (tertiary alicyclic amines) is 1. The summed E-state index contributed by atoms with van der Waals surface area (Å²) in [7, 11) is 0. The van der Waals surface area contributed by atoms with E-state index in [1.54, 1.807) is 0 Å². The Morgan fingerprint density at radius 3 is 2.27 bits per heavy atom. The van der Waals surface area contributed by atoms with Crippen LogP contribution in [0.1, 0.15) is 28.8 Å². The van der Waals surface area contributed by atoms with Crippen LogP contribution in [0, 0.1) is 0 Å². The first-order chi connectivity index (χ1) is 12.7. The van der Waals surface area contributed by atoms with Crippen LogP contribution in [0.4, 0.5) is 0 Å². The van der Waals surface area contributed by atoms with E-state index in [4.69, 9.17) is 4.74 Å². The van der Waals surface area contributed by atoms with Crippen LogP contribution < -0.4 is 0 Å². The Morgan fingerprint density at radius 2 is 1.62 bits per heavy atom. The molecule has 138 valence electrons. The molecule has 2 aromatic rings. The minimum absolute atomic E-state index is 0.0391. The number of benzene rings is 2. The third kappa shape index (κ3) is 5.49. The molecule has 3 rings (SSSR count). The molecule has 0 aromatic heterocycles. The standard InChI is InChI=1S/C22H27NO3/c24-20(16-23-13-7-8-14-23)17-26-21(15-18-9-3-1-4-10-18)22(25)19-11-5-2-6-12-19/h1-6,9-12,20-21,24H,7-8,13-17H2. The monoisotopic (exact) mass is 353 g/mol. The highest BCUT2D eigenvalue weighted by atomic mass is 16.5. The van der Waals surface area contributed by atoms with E-state index < -0.39 is 12.2 Å². The topological polar surface area (TPSA) is 49.8 Å². The van der Waals surface area contributed by atoms with Crippen molar-refractivity contribution in [3.63, 3.8) is 0 Å². The molecular weight excluding hydrogens is 326 g/mol. The first-order valence-corrected chi connectivity index (χ1v) is 9.37. The van der Waals surface area contributed by atoms with Gasteiger partial charge in [0.2, 0.25) is 0 Å². The third-order valence-electron chi connectivity index (χ3n) is 4.77. The summed E-state index contributed by atoms with van der Waals surface area (Å²) in [6.07, 6.45) is 1.72. The zero-order valence-corrected chi connectivity index (χ0v) is 15.1. The predicted molar refractivity (Wildman–Crippen MR) is 102 cm³/mol. The lowest BCUT2D eigenvalue weighted by Gasteiger charge is -2.22. The number of aliphatic hydroxyl groups is 1. The fraction of sp³-hybridized carbons (Fsp3) is 0.409. The van der Waals surface area contributed by atoms with Crippen LogP contribution in [-0.4, -0.2) is 54.2 Å². The SMILES string of the molecule is O=C(c1ccccc1)C(Cc1ccccc1)OCC(O)CN1CCCC1. The normalized spacial score (nSPS) is 17.1. The van der Waals surface area contributed by atoms with Crippen molar-refractivity contribution in [3.8, 4) is 0 Å². The Bertz CT molecular complexity index is 668. The summed E-state index contributed by atoms with van der Waals surface area (Å²) in [6.45, 7) is 2.85. The Kier molecular flexibility index (Phi) is 6.95. The molecule has 1 N–H and O–H groups in total. The van der Waals surface area contributed by atoms with Gasteiger partial charge in [0, 0.05) is 18.5 Å². The van der Waals surface area contributed by atoms with Gasteiger partial charge in [-0.3, -0.25) is 4.79 Å². The fourth-order valence-electron chi connectivity index (χ4n) is 3.39. The van der Waals surface area contributed by atoms with Crippen molar-refractivity contribution in [3.05, 3.63) is 71.8 Å². The number of aliphatic hydroxyl groups excluding tert-OH is 1. The molecule has 1 aliphatic heterocycles. The van der Waals surface area contributed by atoms with Crippen molar-refractivity contribution >= 4 is 5.78 Å². The predicted octanol–water partition coefficient (Wildman–Crippen LogP) is 2.95. The van der Waals surface area contributed by atoms with Crippen LogP contribution in [0.2, 0.25) is 0 Å². The Labute approximate surface area is 155 Å². The van der Waals surface area contributed by atoms with Crippen LogP contribution in [-0.2, 0) is 11.2 Å². The molecule has 4 nitrogen and oxygen atoms in total. The first-order valence-electron chi connectivity index (χ1n) is 9.37. The van der Waals surface area contributed by atoms with Crippen molar-refractivity contribution in [2.45, 2.75) is 31.5 Å². The molecule has 26 heavy (non-hydrogen) atoms. The van der Waals surface area contributed by atoms with Crippen molar-refractivity contribution in [1.82, 2.24) is 4.90 Å². The van der Waals surface area contributed by atoms with E-state index in [0.717, 1.165) is 18.7 Å². The van der Waals surface area contributed by atoms with Gasteiger partial charge >= 0.3 is 0 Å². The molecule has 0 spiro atoms. The van der Waals surface area contributed by atoms with Crippen molar-refractivity contribution in [1.29, 1.82) is 0 Å². The number of hydrogen-bond donors (Lipinski definition) is 1. The van der Waals surface area contributed by atoms with Gasteiger partial charge in [-0.2, -0.15) is 0 Å². The van der Waals surface area contributed by atoms with Crippen LogP contribution in [0.5, 0.6) is 0 Å². The van der Waals surface area contributed by atoms with Crippen LogP contribution in [0.25, 0.3) is 0 Å². The summed E-state index contributed by atoms with van der Waals surface area (Å²) < 4.78 is 5.91. The zero-order valence-electron chi connectivity index (χ0n) is 15.1. The highest BCUT2D eigenvalue weighted by Gasteiger charge is 2.23. The maximum absolute atomic E-state index is 12.9. The summed E-state index contributed by atoms with van der Waals surface area (Å²) in [5.74, 6) is -0.0391. The summed E-state index contributed by atoms with van der Waals surface area (Å²) >= 11 is 0. The van der Waals surface area contributed by atoms with Gasteiger partial charge in [-0.25, -0.2) is 0 Å². The number of rotatable bonds is 9. The highest BCUT2D eigenvalue weighted by molar-refractivity contribution is 5.99. The molecule has 2 aromatic carbocycles. The van der Waals surface area contributed by atoms with Gasteiger partial charge in [0.25, 0.3) is 0 Å². The molecule has 0 amide bonds. The summed E-state index contributed by atoms with van der Waals surface area (Å²) in [5, 5.41) is 10.3. The fourth-order valence-corrected chi connectivity index (χ4v) is 3.39. The number of carbonyl (C=O) groups is 1. The quantitative estimate of drug-likeness (QED) is 0.704. The molecule has 1 fully saturated rings. The molecule has 0 bridgehead atoms. The maximum atomic E-state index is 12.9. The molecule has 4 heteroatoms. The molecule has 0 saturated carbocycles. The number of ketones is 1. The second-order valence-electron chi connectivity index (χ2n) is 6.90. The average molecular weight is 353 g/mol. The highest BCUT2D eigenvalue weighted by Crippen LogP contribution is 2.14. The number of hydrogen-bond acceptors (Lipinski definition) is 4. The number of β-amino-alcohol motifs (C(OH)–C–C–N with tert-alkyl or cyclic N) is 1. The molecule has 1 aliphatic rings. The lowest BCUT2D eigenvalue weighted by atomic mass is 10.00. The number of ether oxygens (including phenoxy) is 1. The molecule has 0 radical (unpaired) electrons. The molecule has 2 unspecified atom stereocenters. The second kappa shape index (κ2) is 9.62. The molecule has 2 atom stereocenters. The Morgan fingerprint density at radius 1 is 1.00 bits per heavy atom. The Hall–Kier alpha value is -2.01. The van der Waals surface area contributed by atoms with Gasteiger partial charge in [-0.05, 0) is 31.5 Å². The van der Waals surface area contributed by atoms with Gasteiger partial charge < -0.3 is 14.7 Å². The van der Waals surface area contributed by atoms with E-state index in [0.29, 0.717) is 18.5 Å². The number of Topliss-reactive ketones (excluding diaryl/α,β-unsaturated/α-hetero) is 1. The number of nitrogens with zero attached hydrogens (tertiary/aromatic N) is 1. The third-order valence-corrected chi connectivity index (χ3v) is 4.77. The zero-order chi connectivity index (χ0) is 18.2.